The predicted octanol–water partition coefficient (Wildman–Crippen LogP) is 5.68. The Kier molecular flexibility index (Phi) is 7.08. The fourth-order valence-electron chi connectivity index (χ4n) is 3.03. The maximum absolute atomic E-state index is 5.63. The molecule has 0 bridgehead atoms. The molecular weight excluding hydrogens is 366 g/mol. The molecule has 0 aromatic heterocycles. The van der Waals surface area contributed by atoms with Crippen LogP contribution in [-0.2, 0) is 6.42 Å². The van der Waals surface area contributed by atoms with Gasteiger partial charge in [0.05, 0.1) is 7.11 Å². The van der Waals surface area contributed by atoms with E-state index in [4.69, 9.17) is 17.0 Å². The van der Waals surface area contributed by atoms with Crippen LogP contribution in [0.2, 0.25) is 0 Å². The minimum atomic E-state index is 0.778. The van der Waals surface area contributed by atoms with Gasteiger partial charge in [-0.2, -0.15) is 0 Å². The van der Waals surface area contributed by atoms with Crippen LogP contribution >= 0.6 is 33.8 Å². The lowest BCUT2D eigenvalue weighted by molar-refractivity contribution is 0.272. The Morgan fingerprint density at radius 2 is 1.76 bits per heavy atom. The van der Waals surface area contributed by atoms with E-state index < -0.39 is 0 Å². The molecule has 0 radical (unpaired) electrons. The van der Waals surface area contributed by atoms with Gasteiger partial charge in [-0.25, -0.2) is 0 Å². The van der Waals surface area contributed by atoms with E-state index in [2.05, 4.69) is 47.4 Å². The minimum Gasteiger partial charge on any atom is -0.497 e. The van der Waals surface area contributed by atoms with Crippen LogP contribution < -0.4 is 4.74 Å². The molecule has 132 valence electrons. The van der Waals surface area contributed by atoms with Gasteiger partial charge in [0, 0.05) is 18.0 Å². The molecule has 1 fully saturated rings. The highest BCUT2D eigenvalue weighted by molar-refractivity contribution is 8.83. The Labute approximate surface area is 163 Å². The second-order valence-electron chi connectivity index (χ2n) is 6.23. The molecule has 1 saturated heterocycles. The van der Waals surface area contributed by atoms with Crippen molar-refractivity contribution in [1.29, 1.82) is 0 Å². The summed E-state index contributed by atoms with van der Waals surface area (Å²) in [6.45, 7) is 2.15. The van der Waals surface area contributed by atoms with Crippen molar-refractivity contribution >= 4 is 38.1 Å². The molecule has 1 heterocycles. The monoisotopic (exact) mass is 389 g/mol. The number of thiocarbonyl (C=S) groups is 1. The molecule has 0 aliphatic carbocycles. The molecule has 0 unspecified atom stereocenters. The highest BCUT2D eigenvalue weighted by Gasteiger charge is 2.21. The Balaban J connectivity index is 1.41. The van der Waals surface area contributed by atoms with E-state index in [0.29, 0.717) is 0 Å². The summed E-state index contributed by atoms with van der Waals surface area (Å²) in [6, 6.07) is 18.9. The average Bonchev–Trinajstić information content (AvgIpc) is 2.68. The van der Waals surface area contributed by atoms with E-state index in [0.717, 1.165) is 29.1 Å². The summed E-state index contributed by atoms with van der Waals surface area (Å²) in [6.07, 6.45) is 3.64. The van der Waals surface area contributed by atoms with Crippen molar-refractivity contribution < 1.29 is 4.74 Å². The number of nitrogens with zero attached hydrogens (tertiary/aromatic N) is 1. The smallest absolute Gasteiger partial charge is 0.147 e. The number of rotatable bonds is 5. The van der Waals surface area contributed by atoms with E-state index in [-0.39, 0.29) is 0 Å². The van der Waals surface area contributed by atoms with E-state index >= 15 is 0 Å². The molecule has 1 aliphatic heterocycles. The second kappa shape index (κ2) is 9.51. The van der Waals surface area contributed by atoms with Gasteiger partial charge in [-0.3, -0.25) is 0 Å². The van der Waals surface area contributed by atoms with Gasteiger partial charge in [0.15, 0.2) is 0 Å². The molecule has 2 aromatic carbocycles. The molecule has 0 amide bonds. The lowest BCUT2D eigenvalue weighted by Crippen LogP contribution is -2.36. The highest BCUT2D eigenvalue weighted by Crippen LogP contribution is 2.35. The number of likely N-dealkylation sites (tertiary alicyclic amines) is 1. The predicted molar refractivity (Wildman–Crippen MR) is 113 cm³/mol. The standard InChI is InChI=1S/C20H23NOS3/c1-22-18-7-9-19(10-8-18)24-25-20(23)21-13-11-17(12-14-21)15-16-5-3-2-4-6-16/h2-10,17H,11-15H2,1H3. The third-order valence-electron chi connectivity index (χ3n) is 4.51. The van der Waals surface area contributed by atoms with Gasteiger partial charge in [-0.1, -0.05) is 53.3 Å². The van der Waals surface area contributed by atoms with Gasteiger partial charge in [-0.05, 0) is 65.8 Å². The third-order valence-corrected chi connectivity index (χ3v) is 7.58. The average molecular weight is 390 g/mol. The summed E-state index contributed by atoms with van der Waals surface area (Å²) in [7, 11) is 5.10. The summed E-state index contributed by atoms with van der Waals surface area (Å²) in [4.78, 5) is 3.56. The largest absolute Gasteiger partial charge is 0.497 e. The van der Waals surface area contributed by atoms with Crippen LogP contribution in [0, 0.1) is 5.92 Å². The Morgan fingerprint density at radius 1 is 1.08 bits per heavy atom. The fourth-order valence-corrected chi connectivity index (χ4v) is 5.38. The van der Waals surface area contributed by atoms with Crippen LogP contribution in [0.1, 0.15) is 18.4 Å². The SMILES string of the molecule is COc1ccc(SSC(=S)N2CCC(Cc3ccccc3)CC2)cc1. The molecule has 0 spiro atoms. The number of ether oxygens (including phenoxy) is 1. The van der Waals surface area contributed by atoms with Crippen LogP contribution in [0.4, 0.5) is 0 Å². The number of hydrogen-bond donors (Lipinski definition) is 0. The Bertz CT molecular complexity index is 667. The van der Waals surface area contributed by atoms with E-state index in [9.17, 15) is 0 Å². The first kappa shape index (κ1) is 18.6. The number of hydrogen-bond acceptors (Lipinski definition) is 4. The Morgan fingerprint density at radius 3 is 2.40 bits per heavy atom. The zero-order chi connectivity index (χ0) is 17.5. The summed E-state index contributed by atoms with van der Waals surface area (Å²) in [5.41, 5.74) is 1.45. The van der Waals surface area contributed by atoms with Crippen LogP contribution in [-0.4, -0.2) is 29.4 Å². The molecule has 0 saturated carbocycles. The van der Waals surface area contributed by atoms with Gasteiger partial charge in [0.25, 0.3) is 0 Å². The quantitative estimate of drug-likeness (QED) is 0.481. The van der Waals surface area contributed by atoms with Gasteiger partial charge in [-0.15, -0.1) is 0 Å². The van der Waals surface area contributed by atoms with Crippen molar-refractivity contribution in [3.8, 4) is 5.75 Å². The first-order valence-electron chi connectivity index (χ1n) is 8.56. The van der Waals surface area contributed by atoms with Crippen LogP contribution in [0.5, 0.6) is 5.75 Å². The molecule has 25 heavy (non-hydrogen) atoms. The fraction of sp³-hybridized carbons (Fsp3) is 0.350. The van der Waals surface area contributed by atoms with Crippen molar-refractivity contribution in [3.05, 3.63) is 60.2 Å². The molecule has 3 rings (SSSR count). The van der Waals surface area contributed by atoms with Crippen molar-refractivity contribution in [2.45, 2.75) is 24.2 Å². The summed E-state index contributed by atoms with van der Waals surface area (Å²) in [5.74, 6) is 1.66. The van der Waals surface area contributed by atoms with E-state index in [1.54, 1.807) is 28.7 Å². The van der Waals surface area contributed by atoms with Crippen LogP contribution in [0.25, 0.3) is 0 Å². The van der Waals surface area contributed by atoms with Gasteiger partial charge in [0.1, 0.15) is 10.1 Å². The minimum absolute atomic E-state index is 0.778. The molecule has 2 aromatic rings. The highest BCUT2D eigenvalue weighted by atomic mass is 33.1. The summed E-state index contributed by atoms with van der Waals surface area (Å²) >= 11 is 5.63. The maximum Gasteiger partial charge on any atom is 0.147 e. The molecule has 0 N–H and O–H groups in total. The van der Waals surface area contributed by atoms with Crippen molar-refractivity contribution in [2.75, 3.05) is 20.2 Å². The maximum atomic E-state index is 5.63. The molecule has 5 heteroatoms. The number of benzene rings is 2. The third kappa shape index (κ3) is 5.66. The molecule has 0 atom stereocenters. The number of methoxy groups -OCH3 is 1. The number of piperidine rings is 1. The summed E-state index contributed by atoms with van der Waals surface area (Å²) in [5, 5.41) is 0. The van der Waals surface area contributed by atoms with Crippen LogP contribution in [0.3, 0.4) is 0 Å². The van der Waals surface area contributed by atoms with Gasteiger partial charge < -0.3 is 9.64 Å². The molecular formula is C20H23NOS3. The van der Waals surface area contributed by atoms with Gasteiger partial charge in [0.2, 0.25) is 0 Å². The molecule has 1 aliphatic rings. The topological polar surface area (TPSA) is 12.5 Å². The second-order valence-corrected chi connectivity index (χ2v) is 9.06. The Hall–Kier alpha value is -1.17. The lowest BCUT2D eigenvalue weighted by Gasteiger charge is -2.33. The zero-order valence-electron chi connectivity index (χ0n) is 14.4. The van der Waals surface area contributed by atoms with Crippen molar-refractivity contribution in [1.82, 2.24) is 4.90 Å². The van der Waals surface area contributed by atoms with E-state index in [1.807, 2.05) is 12.1 Å². The molecule has 2 nitrogen and oxygen atoms in total. The zero-order valence-corrected chi connectivity index (χ0v) is 16.8. The normalized spacial score (nSPS) is 15.2. The summed E-state index contributed by atoms with van der Waals surface area (Å²) < 4.78 is 6.19. The first-order valence-corrected chi connectivity index (χ1v) is 11.1. The van der Waals surface area contributed by atoms with Crippen LogP contribution in [0.15, 0.2) is 59.5 Å². The van der Waals surface area contributed by atoms with E-state index in [1.165, 1.54) is 29.7 Å². The van der Waals surface area contributed by atoms with Crippen molar-refractivity contribution in [3.63, 3.8) is 0 Å². The van der Waals surface area contributed by atoms with Crippen molar-refractivity contribution in [2.24, 2.45) is 5.92 Å². The lowest BCUT2D eigenvalue weighted by atomic mass is 9.90. The first-order chi connectivity index (χ1) is 12.2. The van der Waals surface area contributed by atoms with Gasteiger partial charge >= 0.3 is 0 Å².